The number of nitrogens with two attached hydrogens (primary N) is 1. The van der Waals surface area contributed by atoms with Gasteiger partial charge < -0.3 is 5.73 Å². The fourth-order valence-corrected chi connectivity index (χ4v) is 1.79. The molecule has 0 bridgehead atoms. The molecule has 0 atom stereocenters. The van der Waals surface area contributed by atoms with Crippen LogP contribution in [0.4, 0.5) is 0 Å². The first-order valence-corrected chi connectivity index (χ1v) is 5.27. The minimum Gasteiger partial charge on any atom is -0.326 e. The Kier molecular flexibility index (Phi) is 4.06. The van der Waals surface area contributed by atoms with Crippen molar-refractivity contribution in [3.8, 4) is 0 Å². The molecule has 0 fully saturated rings. The Labute approximate surface area is 84.0 Å². The van der Waals surface area contributed by atoms with Crippen molar-refractivity contribution in [3.05, 3.63) is 42.0 Å². The van der Waals surface area contributed by atoms with Gasteiger partial charge in [0.15, 0.2) is 0 Å². The van der Waals surface area contributed by atoms with Crippen molar-refractivity contribution in [2.75, 3.05) is 5.75 Å². The number of rotatable bonds is 4. The van der Waals surface area contributed by atoms with E-state index in [4.69, 9.17) is 5.73 Å². The number of hydrogen-bond donors (Lipinski definition) is 1. The van der Waals surface area contributed by atoms with Gasteiger partial charge in [-0.3, -0.25) is 0 Å². The topological polar surface area (TPSA) is 26.0 Å². The molecule has 0 saturated carbocycles. The highest BCUT2D eigenvalue weighted by Crippen LogP contribution is 2.20. The summed E-state index contributed by atoms with van der Waals surface area (Å²) in [7, 11) is 0. The summed E-state index contributed by atoms with van der Waals surface area (Å²) in [6.07, 6.45) is 0. The van der Waals surface area contributed by atoms with Crippen molar-refractivity contribution < 1.29 is 0 Å². The molecule has 0 radical (unpaired) electrons. The van der Waals surface area contributed by atoms with Crippen molar-refractivity contribution in [2.45, 2.75) is 18.4 Å². The van der Waals surface area contributed by atoms with E-state index in [2.05, 4.69) is 18.7 Å². The number of benzene rings is 1. The van der Waals surface area contributed by atoms with Gasteiger partial charge in [0.05, 0.1) is 0 Å². The second-order valence-corrected chi connectivity index (χ2v) is 4.15. The van der Waals surface area contributed by atoms with Crippen LogP contribution in [0.1, 0.15) is 12.5 Å². The Morgan fingerprint density at radius 1 is 1.54 bits per heavy atom. The molecule has 1 aromatic rings. The molecule has 0 amide bonds. The second-order valence-electron chi connectivity index (χ2n) is 3.10. The smallest absolute Gasteiger partial charge is 0.0185 e. The quantitative estimate of drug-likeness (QED) is 0.588. The molecule has 0 heterocycles. The van der Waals surface area contributed by atoms with Crippen LogP contribution in [-0.4, -0.2) is 5.75 Å². The molecular weight excluding hydrogens is 178 g/mol. The lowest BCUT2D eigenvalue weighted by molar-refractivity contribution is 1.06. The molecule has 70 valence electrons. The summed E-state index contributed by atoms with van der Waals surface area (Å²) < 4.78 is 0. The van der Waals surface area contributed by atoms with Crippen LogP contribution in [0.25, 0.3) is 0 Å². The molecule has 1 aromatic carbocycles. The van der Waals surface area contributed by atoms with Gasteiger partial charge in [-0.15, -0.1) is 11.8 Å². The van der Waals surface area contributed by atoms with Crippen LogP contribution in [0.3, 0.4) is 0 Å². The first kappa shape index (κ1) is 10.4. The van der Waals surface area contributed by atoms with Gasteiger partial charge in [-0.1, -0.05) is 24.3 Å². The van der Waals surface area contributed by atoms with Gasteiger partial charge >= 0.3 is 0 Å². The van der Waals surface area contributed by atoms with Crippen LogP contribution < -0.4 is 5.73 Å². The van der Waals surface area contributed by atoms with Crippen LogP contribution in [0, 0.1) is 0 Å². The molecule has 1 rings (SSSR count). The molecule has 0 spiro atoms. The monoisotopic (exact) mass is 193 g/mol. The van der Waals surface area contributed by atoms with E-state index in [1.165, 1.54) is 16.0 Å². The summed E-state index contributed by atoms with van der Waals surface area (Å²) in [6.45, 7) is 6.52. The summed E-state index contributed by atoms with van der Waals surface area (Å²) in [5, 5.41) is 0. The molecule has 0 unspecified atom stereocenters. The predicted octanol–water partition coefficient (Wildman–Crippen LogP) is 2.81. The number of hydrogen-bond acceptors (Lipinski definition) is 2. The van der Waals surface area contributed by atoms with E-state index in [1.807, 2.05) is 19.1 Å². The average molecular weight is 193 g/mol. The van der Waals surface area contributed by atoms with Crippen molar-refractivity contribution in [3.63, 3.8) is 0 Å². The fraction of sp³-hybridized carbons (Fsp3) is 0.273. The molecular formula is C11H15NS. The Hall–Kier alpha value is -0.730. The van der Waals surface area contributed by atoms with Crippen molar-refractivity contribution in [2.24, 2.45) is 5.73 Å². The molecule has 0 aliphatic heterocycles. The molecule has 13 heavy (non-hydrogen) atoms. The van der Waals surface area contributed by atoms with Gasteiger partial charge in [0.25, 0.3) is 0 Å². The van der Waals surface area contributed by atoms with Gasteiger partial charge in [-0.2, -0.15) is 0 Å². The van der Waals surface area contributed by atoms with E-state index in [9.17, 15) is 0 Å². The van der Waals surface area contributed by atoms with E-state index in [-0.39, 0.29) is 0 Å². The molecule has 0 saturated heterocycles. The Morgan fingerprint density at radius 2 is 2.31 bits per heavy atom. The van der Waals surface area contributed by atoms with Gasteiger partial charge in [0.1, 0.15) is 0 Å². The zero-order chi connectivity index (χ0) is 9.68. The van der Waals surface area contributed by atoms with Gasteiger partial charge in [-0.25, -0.2) is 0 Å². The van der Waals surface area contributed by atoms with Crippen LogP contribution in [0.5, 0.6) is 0 Å². The SMILES string of the molecule is C=C(C)CSc1cccc(CN)c1. The lowest BCUT2D eigenvalue weighted by Crippen LogP contribution is -1.95. The van der Waals surface area contributed by atoms with Crippen LogP contribution in [0.15, 0.2) is 41.3 Å². The first-order valence-electron chi connectivity index (χ1n) is 4.28. The van der Waals surface area contributed by atoms with Crippen molar-refractivity contribution >= 4 is 11.8 Å². The van der Waals surface area contributed by atoms with Crippen molar-refractivity contribution in [1.82, 2.24) is 0 Å². The van der Waals surface area contributed by atoms with Gasteiger partial charge in [0, 0.05) is 17.2 Å². The first-order chi connectivity index (χ1) is 6.22. The molecule has 0 aliphatic carbocycles. The zero-order valence-corrected chi connectivity index (χ0v) is 8.73. The molecule has 2 N–H and O–H groups in total. The van der Waals surface area contributed by atoms with Crippen LogP contribution >= 0.6 is 11.8 Å². The summed E-state index contributed by atoms with van der Waals surface area (Å²) in [6, 6.07) is 8.33. The molecule has 2 heteroatoms. The highest BCUT2D eigenvalue weighted by atomic mass is 32.2. The molecule has 0 aromatic heterocycles. The summed E-state index contributed by atoms with van der Waals surface area (Å²) in [5.74, 6) is 0.980. The third-order valence-corrected chi connectivity index (χ3v) is 2.84. The minimum atomic E-state index is 0.613. The van der Waals surface area contributed by atoms with Crippen LogP contribution in [0.2, 0.25) is 0 Å². The third-order valence-electron chi connectivity index (χ3n) is 1.62. The standard InChI is InChI=1S/C11H15NS/c1-9(2)8-13-11-5-3-4-10(6-11)7-12/h3-6H,1,7-8,12H2,2H3. The Bertz CT molecular complexity index is 294. The molecule has 0 aliphatic rings. The van der Waals surface area contributed by atoms with Gasteiger partial charge in [-0.05, 0) is 24.6 Å². The summed E-state index contributed by atoms with van der Waals surface area (Å²) in [4.78, 5) is 1.27. The zero-order valence-electron chi connectivity index (χ0n) is 7.92. The lowest BCUT2D eigenvalue weighted by Gasteiger charge is -2.02. The summed E-state index contributed by atoms with van der Waals surface area (Å²) >= 11 is 1.80. The van der Waals surface area contributed by atoms with E-state index in [1.54, 1.807) is 11.8 Å². The minimum absolute atomic E-state index is 0.613. The summed E-state index contributed by atoms with van der Waals surface area (Å²) in [5.41, 5.74) is 7.93. The highest BCUT2D eigenvalue weighted by Gasteiger charge is 1.95. The van der Waals surface area contributed by atoms with Crippen molar-refractivity contribution in [1.29, 1.82) is 0 Å². The van der Waals surface area contributed by atoms with E-state index in [0.717, 1.165) is 5.75 Å². The maximum absolute atomic E-state index is 5.55. The van der Waals surface area contributed by atoms with Crippen LogP contribution in [-0.2, 0) is 6.54 Å². The largest absolute Gasteiger partial charge is 0.326 e. The fourth-order valence-electron chi connectivity index (χ4n) is 0.969. The maximum Gasteiger partial charge on any atom is 0.0185 e. The number of thioether (sulfide) groups is 1. The van der Waals surface area contributed by atoms with Gasteiger partial charge in [0.2, 0.25) is 0 Å². The predicted molar refractivity (Wildman–Crippen MR) is 59.9 cm³/mol. The van der Waals surface area contributed by atoms with E-state index >= 15 is 0 Å². The highest BCUT2D eigenvalue weighted by molar-refractivity contribution is 7.99. The maximum atomic E-state index is 5.55. The second kappa shape index (κ2) is 5.10. The van der Waals surface area contributed by atoms with E-state index < -0.39 is 0 Å². The lowest BCUT2D eigenvalue weighted by atomic mass is 10.2. The molecule has 1 nitrogen and oxygen atoms in total. The van der Waals surface area contributed by atoms with E-state index in [0.29, 0.717) is 6.54 Å². The Morgan fingerprint density at radius 3 is 2.92 bits per heavy atom. The third kappa shape index (κ3) is 3.66. The normalized spacial score (nSPS) is 10.0. The average Bonchev–Trinajstić information content (AvgIpc) is 2.15. The Balaban J connectivity index is 2.61.